The number of benzene rings is 2. The second-order valence-corrected chi connectivity index (χ2v) is 7.19. The molecule has 1 heterocycles. The van der Waals surface area contributed by atoms with E-state index in [0.717, 1.165) is 30.0 Å². The number of ether oxygens (including phenoxy) is 1. The number of fused-ring (bicyclic) bond motifs is 1. The molecular formula is C23H29N5O2. The van der Waals surface area contributed by atoms with Crippen molar-refractivity contribution in [2.45, 2.75) is 13.0 Å². The molecule has 3 N–H and O–H groups in total. The molecule has 0 aliphatic rings. The lowest BCUT2D eigenvalue weighted by Crippen LogP contribution is -2.37. The van der Waals surface area contributed by atoms with Crippen molar-refractivity contribution in [3.8, 4) is 5.75 Å². The second kappa shape index (κ2) is 10.3. The first-order chi connectivity index (χ1) is 14.6. The number of rotatable bonds is 8. The number of para-hydroxylation sites is 1. The molecule has 7 heteroatoms. The third-order valence-electron chi connectivity index (χ3n) is 4.80. The van der Waals surface area contributed by atoms with Gasteiger partial charge in [0.05, 0.1) is 0 Å². The number of amides is 1. The van der Waals surface area contributed by atoms with Crippen LogP contribution in [0.1, 0.15) is 11.1 Å². The van der Waals surface area contributed by atoms with Gasteiger partial charge in [-0.3, -0.25) is 9.79 Å². The molecule has 0 saturated carbocycles. The van der Waals surface area contributed by atoms with Crippen molar-refractivity contribution in [2.75, 3.05) is 34.3 Å². The van der Waals surface area contributed by atoms with Crippen molar-refractivity contribution in [1.29, 1.82) is 0 Å². The summed E-state index contributed by atoms with van der Waals surface area (Å²) >= 11 is 0. The molecule has 0 atom stereocenters. The van der Waals surface area contributed by atoms with Gasteiger partial charge in [0.25, 0.3) is 5.91 Å². The van der Waals surface area contributed by atoms with Crippen LogP contribution < -0.4 is 15.4 Å². The van der Waals surface area contributed by atoms with Crippen molar-refractivity contribution in [2.24, 2.45) is 4.99 Å². The first-order valence-corrected chi connectivity index (χ1v) is 9.98. The average Bonchev–Trinajstić information content (AvgIpc) is 3.17. The maximum atomic E-state index is 11.7. The Morgan fingerprint density at radius 1 is 1.13 bits per heavy atom. The van der Waals surface area contributed by atoms with Gasteiger partial charge >= 0.3 is 0 Å². The van der Waals surface area contributed by atoms with Crippen LogP contribution in [0.4, 0.5) is 0 Å². The lowest BCUT2D eigenvalue weighted by Gasteiger charge is -2.13. The topological polar surface area (TPSA) is 81.7 Å². The van der Waals surface area contributed by atoms with E-state index in [0.29, 0.717) is 12.3 Å². The summed E-state index contributed by atoms with van der Waals surface area (Å²) in [6.07, 6.45) is 2.96. The number of carbonyl (C=O) groups is 1. The van der Waals surface area contributed by atoms with E-state index in [9.17, 15) is 4.79 Å². The predicted octanol–water partition coefficient (Wildman–Crippen LogP) is 2.54. The summed E-state index contributed by atoms with van der Waals surface area (Å²) in [5, 5.41) is 7.92. The Labute approximate surface area is 177 Å². The molecule has 1 amide bonds. The van der Waals surface area contributed by atoms with Crippen LogP contribution in [0, 0.1) is 0 Å². The fraction of sp³-hybridized carbons (Fsp3) is 0.304. The van der Waals surface area contributed by atoms with E-state index < -0.39 is 0 Å². The van der Waals surface area contributed by atoms with Crippen molar-refractivity contribution in [1.82, 2.24) is 20.5 Å². The summed E-state index contributed by atoms with van der Waals surface area (Å²) in [5.41, 5.74) is 3.49. The Morgan fingerprint density at radius 2 is 1.97 bits per heavy atom. The minimum atomic E-state index is -0.0710. The molecule has 30 heavy (non-hydrogen) atoms. The highest BCUT2D eigenvalue weighted by molar-refractivity contribution is 5.83. The normalized spacial score (nSPS) is 11.4. The molecule has 0 bridgehead atoms. The van der Waals surface area contributed by atoms with E-state index in [-0.39, 0.29) is 12.5 Å². The highest BCUT2D eigenvalue weighted by Gasteiger charge is 2.06. The van der Waals surface area contributed by atoms with Gasteiger partial charge < -0.3 is 25.3 Å². The number of carbonyl (C=O) groups excluding carboxylic acids is 1. The number of likely N-dealkylation sites (N-methyl/N-ethyl adjacent to an activating group) is 1. The van der Waals surface area contributed by atoms with Crippen LogP contribution in [0.25, 0.3) is 10.9 Å². The van der Waals surface area contributed by atoms with Gasteiger partial charge in [-0.25, -0.2) is 0 Å². The molecule has 0 aliphatic carbocycles. The van der Waals surface area contributed by atoms with E-state index >= 15 is 0 Å². The van der Waals surface area contributed by atoms with Crippen LogP contribution in [0.5, 0.6) is 5.75 Å². The maximum Gasteiger partial charge on any atom is 0.259 e. The summed E-state index contributed by atoms with van der Waals surface area (Å²) in [6, 6.07) is 16.0. The lowest BCUT2D eigenvalue weighted by atomic mass is 10.1. The summed E-state index contributed by atoms with van der Waals surface area (Å²) in [5.74, 6) is 1.34. The standard InChI is InChI=1S/C23H29N5O2/c1-24-23(25-12-11-18-15-26-21-10-5-4-9-20(18)21)27-14-17-7-6-8-19(13-17)30-16-22(29)28(2)3/h4-10,13,15,26H,11-12,14,16H2,1-3H3,(H2,24,25,27). The summed E-state index contributed by atoms with van der Waals surface area (Å²) in [7, 11) is 5.18. The van der Waals surface area contributed by atoms with Gasteiger partial charge in [0.15, 0.2) is 12.6 Å². The van der Waals surface area contributed by atoms with Crippen LogP contribution in [-0.2, 0) is 17.8 Å². The molecule has 0 fully saturated rings. The van der Waals surface area contributed by atoms with Crippen LogP contribution in [0.2, 0.25) is 0 Å². The number of aromatic nitrogens is 1. The van der Waals surface area contributed by atoms with Gasteiger partial charge in [0.2, 0.25) is 0 Å². The molecule has 0 spiro atoms. The largest absolute Gasteiger partial charge is 0.484 e. The molecule has 0 aliphatic heterocycles. The number of hydrogen-bond donors (Lipinski definition) is 3. The van der Waals surface area contributed by atoms with E-state index in [2.05, 4.69) is 45.0 Å². The van der Waals surface area contributed by atoms with Gasteiger partial charge in [-0.2, -0.15) is 0 Å². The molecule has 3 aromatic rings. The number of H-pyrrole nitrogens is 1. The monoisotopic (exact) mass is 407 g/mol. The predicted molar refractivity (Wildman–Crippen MR) is 121 cm³/mol. The van der Waals surface area contributed by atoms with Gasteiger partial charge in [-0.15, -0.1) is 0 Å². The first-order valence-electron chi connectivity index (χ1n) is 9.98. The van der Waals surface area contributed by atoms with Gasteiger partial charge in [0.1, 0.15) is 5.75 Å². The quantitative estimate of drug-likeness (QED) is 0.396. The molecule has 158 valence electrons. The molecule has 2 aromatic carbocycles. The maximum absolute atomic E-state index is 11.7. The number of nitrogens with zero attached hydrogens (tertiary/aromatic N) is 2. The molecular weight excluding hydrogens is 378 g/mol. The molecule has 7 nitrogen and oxygen atoms in total. The molecule has 0 radical (unpaired) electrons. The second-order valence-electron chi connectivity index (χ2n) is 7.19. The smallest absolute Gasteiger partial charge is 0.259 e. The van der Waals surface area contributed by atoms with Crippen LogP contribution in [0.3, 0.4) is 0 Å². The van der Waals surface area contributed by atoms with Crippen LogP contribution >= 0.6 is 0 Å². The molecule has 3 rings (SSSR count). The van der Waals surface area contributed by atoms with Crippen LogP contribution in [-0.4, -0.2) is 56.0 Å². The number of hydrogen-bond acceptors (Lipinski definition) is 3. The van der Waals surface area contributed by atoms with E-state index in [4.69, 9.17) is 4.74 Å². The van der Waals surface area contributed by atoms with Crippen LogP contribution in [0.15, 0.2) is 59.7 Å². The summed E-state index contributed by atoms with van der Waals surface area (Å²) in [4.78, 5) is 20.8. The van der Waals surface area contributed by atoms with Crippen molar-refractivity contribution >= 4 is 22.8 Å². The zero-order chi connectivity index (χ0) is 21.3. The average molecular weight is 408 g/mol. The van der Waals surface area contributed by atoms with E-state index in [1.807, 2.05) is 30.3 Å². The number of aliphatic imine (C=N–C) groups is 1. The highest BCUT2D eigenvalue weighted by atomic mass is 16.5. The van der Waals surface area contributed by atoms with Gasteiger partial charge in [0, 0.05) is 51.3 Å². The minimum absolute atomic E-state index is 0.0287. The summed E-state index contributed by atoms with van der Waals surface area (Å²) in [6.45, 7) is 1.41. The number of guanidine groups is 1. The van der Waals surface area contributed by atoms with Gasteiger partial charge in [-0.05, 0) is 35.7 Å². The fourth-order valence-corrected chi connectivity index (χ4v) is 3.08. The Hall–Kier alpha value is -3.48. The third kappa shape index (κ3) is 5.76. The number of nitrogens with one attached hydrogen (secondary N) is 3. The fourth-order valence-electron chi connectivity index (χ4n) is 3.08. The van der Waals surface area contributed by atoms with E-state index in [1.165, 1.54) is 15.8 Å². The zero-order valence-electron chi connectivity index (χ0n) is 17.7. The van der Waals surface area contributed by atoms with Crippen molar-refractivity contribution in [3.05, 3.63) is 65.9 Å². The minimum Gasteiger partial charge on any atom is -0.484 e. The Kier molecular flexibility index (Phi) is 7.32. The van der Waals surface area contributed by atoms with E-state index in [1.54, 1.807) is 21.1 Å². The summed E-state index contributed by atoms with van der Waals surface area (Å²) < 4.78 is 5.58. The van der Waals surface area contributed by atoms with Crippen molar-refractivity contribution in [3.63, 3.8) is 0 Å². The number of aromatic amines is 1. The SMILES string of the molecule is CN=C(NCCc1c[nH]c2ccccc12)NCc1cccc(OCC(=O)N(C)C)c1. The molecule has 1 aromatic heterocycles. The Balaban J connectivity index is 1.47. The van der Waals surface area contributed by atoms with Crippen molar-refractivity contribution < 1.29 is 9.53 Å². The highest BCUT2D eigenvalue weighted by Crippen LogP contribution is 2.17. The Morgan fingerprint density at radius 3 is 2.77 bits per heavy atom. The zero-order valence-corrected chi connectivity index (χ0v) is 17.7. The van der Waals surface area contributed by atoms with Gasteiger partial charge in [-0.1, -0.05) is 30.3 Å². The first kappa shape index (κ1) is 21.2. The molecule has 0 saturated heterocycles. The lowest BCUT2D eigenvalue weighted by molar-refractivity contribution is -0.130. The third-order valence-corrected chi connectivity index (χ3v) is 4.80. The molecule has 0 unspecified atom stereocenters. The Bertz CT molecular complexity index is 1010.